The quantitative estimate of drug-likeness (QED) is 0.540. The summed E-state index contributed by atoms with van der Waals surface area (Å²) in [6.07, 6.45) is 8.11. The number of allylic oxidation sites excluding steroid dienone is 5. The first kappa shape index (κ1) is 9.57. The molecule has 1 aromatic rings. The lowest BCUT2D eigenvalue weighted by atomic mass is 10.1. The van der Waals surface area contributed by atoms with Gasteiger partial charge in [-0.2, -0.15) is 0 Å². The number of hydrogen-bond donors (Lipinski definition) is 1. The average molecular weight is 195 g/mol. The normalized spacial score (nSPS) is 14.5. The molecule has 1 aliphatic rings. The van der Waals surface area contributed by atoms with Gasteiger partial charge in [-0.15, -0.1) is 5.73 Å². The molecule has 0 aliphatic heterocycles. The van der Waals surface area contributed by atoms with Crippen LogP contribution < -0.4 is 5.73 Å². The van der Waals surface area contributed by atoms with Crippen LogP contribution in [0.2, 0.25) is 0 Å². The van der Waals surface area contributed by atoms with Gasteiger partial charge in [-0.3, -0.25) is 0 Å². The molecule has 0 bridgehead atoms. The van der Waals surface area contributed by atoms with Crippen molar-refractivity contribution < 1.29 is 0 Å². The maximum absolute atomic E-state index is 5.74. The number of nitrogen functional groups attached to an aromatic ring is 1. The lowest BCUT2D eigenvalue weighted by molar-refractivity contribution is 1.53. The fraction of sp³-hybridized carbons (Fsp3) is 0.0714. The highest BCUT2D eigenvalue weighted by atomic mass is 14.5. The van der Waals surface area contributed by atoms with Crippen LogP contribution in [0.15, 0.2) is 59.9 Å². The molecule has 1 aromatic carbocycles. The average Bonchev–Trinajstić information content (AvgIpc) is 2.43. The Kier molecular flexibility index (Phi) is 2.57. The highest BCUT2D eigenvalue weighted by Gasteiger charge is 1.98. The molecule has 1 aliphatic carbocycles. The Labute approximate surface area is 89.9 Å². The van der Waals surface area contributed by atoms with Gasteiger partial charge in [-0.1, -0.05) is 29.9 Å². The van der Waals surface area contributed by atoms with Crippen LogP contribution in [0.3, 0.4) is 0 Å². The summed E-state index contributed by atoms with van der Waals surface area (Å²) in [6.45, 7) is 2.07. The zero-order chi connectivity index (χ0) is 10.7. The van der Waals surface area contributed by atoms with Crippen molar-refractivity contribution in [1.82, 2.24) is 0 Å². The Hall–Kier alpha value is -1.98. The van der Waals surface area contributed by atoms with Gasteiger partial charge in [0.2, 0.25) is 0 Å². The number of nitrogens with two attached hydrogens (primary N) is 1. The first-order valence-corrected chi connectivity index (χ1v) is 4.93. The number of anilines is 1. The Balaban J connectivity index is 2.42. The molecule has 2 N–H and O–H groups in total. The van der Waals surface area contributed by atoms with Crippen molar-refractivity contribution >= 4 is 11.3 Å². The Bertz CT molecular complexity index is 498. The van der Waals surface area contributed by atoms with E-state index >= 15 is 0 Å². The van der Waals surface area contributed by atoms with E-state index in [1.165, 1.54) is 5.57 Å². The van der Waals surface area contributed by atoms with Crippen molar-refractivity contribution in [3.63, 3.8) is 0 Å². The molecule has 0 aromatic heterocycles. The van der Waals surface area contributed by atoms with E-state index in [1.54, 1.807) is 0 Å². The maximum atomic E-state index is 5.74. The lowest BCUT2D eigenvalue weighted by Crippen LogP contribution is -1.86. The molecule has 74 valence electrons. The van der Waals surface area contributed by atoms with E-state index in [1.807, 2.05) is 36.4 Å². The molecule has 0 radical (unpaired) electrons. The molecule has 0 spiro atoms. The third-order valence-electron chi connectivity index (χ3n) is 2.30. The van der Waals surface area contributed by atoms with E-state index in [-0.39, 0.29) is 0 Å². The summed E-state index contributed by atoms with van der Waals surface area (Å²) in [5.41, 5.74) is 13.1. The Morgan fingerprint density at radius 1 is 1.20 bits per heavy atom. The minimum atomic E-state index is 0.782. The van der Waals surface area contributed by atoms with Crippen molar-refractivity contribution in [2.75, 3.05) is 5.73 Å². The van der Waals surface area contributed by atoms with Gasteiger partial charge in [0.1, 0.15) is 0 Å². The first-order chi connectivity index (χ1) is 7.25. The highest BCUT2D eigenvalue weighted by molar-refractivity contribution is 5.76. The van der Waals surface area contributed by atoms with Crippen LogP contribution in [0, 0.1) is 0 Å². The van der Waals surface area contributed by atoms with Gasteiger partial charge in [-0.05, 0) is 36.8 Å². The van der Waals surface area contributed by atoms with Gasteiger partial charge in [0.15, 0.2) is 0 Å². The van der Waals surface area contributed by atoms with Gasteiger partial charge in [0.05, 0.1) is 0 Å². The summed E-state index contributed by atoms with van der Waals surface area (Å²) >= 11 is 0. The van der Waals surface area contributed by atoms with E-state index in [9.17, 15) is 0 Å². The largest absolute Gasteiger partial charge is 0.399 e. The second kappa shape index (κ2) is 4.04. The zero-order valence-electron chi connectivity index (χ0n) is 8.70. The topological polar surface area (TPSA) is 26.0 Å². The highest BCUT2D eigenvalue weighted by Crippen LogP contribution is 2.19. The predicted octanol–water partition coefficient (Wildman–Crippen LogP) is 3.32. The Morgan fingerprint density at radius 2 is 2.07 bits per heavy atom. The summed E-state index contributed by atoms with van der Waals surface area (Å²) in [7, 11) is 0. The van der Waals surface area contributed by atoms with Gasteiger partial charge in [0, 0.05) is 11.3 Å². The van der Waals surface area contributed by atoms with Gasteiger partial charge >= 0.3 is 0 Å². The summed E-state index contributed by atoms with van der Waals surface area (Å²) < 4.78 is 0. The molecule has 0 amide bonds. The van der Waals surface area contributed by atoms with Crippen LogP contribution in [0.4, 0.5) is 5.69 Å². The van der Waals surface area contributed by atoms with Crippen molar-refractivity contribution in [3.8, 4) is 0 Å². The minimum Gasteiger partial charge on any atom is -0.399 e. The van der Waals surface area contributed by atoms with Crippen molar-refractivity contribution in [2.45, 2.75) is 6.92 Å². The molecular weight excluding hydrogens is 182 g/mol. The molecule has 15 heavy (non-hydrogen) atoms. The predicted molar refractivity (Wildman–Crippen MR) is 65.2 cm³/mol. The molecule has 2 rings (SSSR count). The summed E-state index contributed by atoms with van der Waals surface area (Å²) in [5, 5.41) is 0. The molecule has 0 atom stereocenters. The molecule has 0 saturated heterocycles. The lowest BCUT2D eigenvalue weighted by Gasteiger charge is -2.00. The van der Waals surface area contributed by atoms with Crippen LogP contribution in [0.5, 0.6) is 0 Å². The molecule has 1 heteroatoms. The SMILES string of the molecule is CC1=CC=C=C(c2cccc(N)c2)C=C1. The van der Waals surface area contributed by atoms with Gasteiger partial charge in [0.25, 0.3) is 0 Å². The van der Waals surface area contributed by atoms with Gasteiger partial charge in [-0.25, -0.2) is 0 Å². The standard InChI is InChI=1S/C14H13N/c1-11-4-2-5-12(9-8-11)13-6-3-7-14(15)10-13/h2-4,6-10H,15H2,1H3. The van der Waals surface area contributed by atoms with Crippen LogP contribution in [0.1, 0.15) is 12.5 Å². The van der Waals surface area contributed by atoms with E-state index in [0.29, 0.717) is 0 Å². The number of rotatable bonds is 1. The molecule has 0 unspecified atom stereocenters. The molecular formula is C14H13N. The summed E-state index contributed by atoms with van der Waals surface area (Å²) in [4.78, 5) is 0. The van der Waals surface area contributed by atoms with Crippen molar-refractivity contribution in [3.05, 3.63) is 65.4 Å². The first-order valence-electron chi connectivity index (χ1n) is 4.93. The van der Waals surface area contributed by atoms with E-state index in [2.05, 4.69) is 24.8 Å². The van der Waals surface area contributed by atoms with Crippen LogP contribution >= 0.6 is 0 Å². The maximum Gasteiger partial charge on any atom is 0.0320 e. The zero-order valence-corrected chi connectivity index (χ0v) is 8.70. The fourth-order valence-electron chi connectivity index (χ4n) is 1.47. The molecule has 0 saturated carbocycles. The summed E-state index contributed by atoms with van der Waals surface area (Å²) in [6, 6.07) is 7.84. The minimum absolute atomic E-state index is 0.782. The monoisotopic (exact) mass is 195 g/mol. The van der Waals surface area contributed by atoms with Crippen LogP contribution in [-0.4, -0.2) is 0 Å². The third kappa shape index (κ3) is 2.28. The van der Waals surface area contributed by atoms with Crippen LogP contribution in [-0.2, 0) is 0 Å². The third-order valence-corrected chi connectivity index (χ3v) is 2.30. The molecule has 1 nitrogen and oxygen atoms in total. The molecule has 0 fully saturated rings. The van der Waals surface area contributed by atoms with Crippen LogP contribution in [0.25, 0.3) is 5.57 Å². The van der Waals surface area contributed by atoms with Crippen molar-refractivity contribution in [1.29, 1.82) is 0 Å². The smallest absolute Gasteiger partial charge is 0.0320 e. The van der Waals surface area contributed by atoms with E-state index < -0.39 is 0 Å². The van der Waals surface area contributed by atoms with Gasteiger partial charge < -0.3 is 5.73 Å². The number of hydrogen-bond acceptors (Lipinski definition) is 1. The second-order valence-corrected chi connectivity index (χ2v) is 3.59. The van der Waals surface area contributed by atoms with E-state index in [0.717, 1.165) is 16.8 Å². The molecule has 0 heterocycles. The second-order valence-electron chi connectivity index (χ2n) is 3.59. The Morgan fingerprint density at radius 3 is 2.87 bits per heavy atom. The van der Waals surface area contributed by atoms with Crippen molar-refractivity contribution in [2.24, 2.45) is 0 Å². The summed E-state index contributed by atoms with van der Waals surface area (Å²) in [5.74, 6) is 0. The number of benzene rings is 1. The fourth-order valence-corrected chi connectivity index (χ4v) is 1.47. The van der Waals surface area contributed by atoms with E-state index in [4.69, 9.17) is 5.73 Å².